The van der Waals surface area contributed by atoms with E-state index in [1.165, 1.54) is 0 Å². The van der Waals surface area contributed by atoms with Crippen LogP contribution in [0.1, 0.15) is 33.1 Å². The zero-order valence-electron chi connectivity index (χ0n) is 10.9. The van der Waals surface area contributed by atoms with E-state index in [9.17, 15) is 4.79 Å². The minimum atomic E-state index is 0.0946. The fraction of sp³-hybridized carbons (Fsp3) is 0.923. The van der Waals surface area contributed by atoms with Crippen molar-refractivity contribution in [1.29, 1.82) is 0 Å². The molecule has 2 aliphatic heterocycles. The normalized spacial score (nSPS) is 32.9. The fourth-order valence-electron chi connectivity index (χ4n) is 2.84. The minimum absolute atomic E-state index is 0.0946. The van der Waals surface area contributed by atoms with Gasteiger partial charge in [-0.15, -0.1) is 0 Å². The molecular weight excluding hydrogens is 216 g/mol. The van der Waals surface area contributed by atoms with E-state index in [0.717, 1.165) is 38.9 Å². The highest BCUT2D eigenvalue weighted by Crippen LogP contribution is 2.23. The molecule has 4 heteroatoms. The van der Waals surface area contributed by atoms with Crippen LogP contribution in [0.3, 0.4) is 0 Å². The van der Waals surface area contributed by atoms with E-state index in [-0.39, 0.29) is 12.0 Å². The van der Waals surface area contributed by atoms with E-state index in [2.05, 4.69) is 24.1 Å². The highest BCUT2D eigenvalue weighted by atomic mass is 16.5. The van der Waals surface area contributed by atoms with Crippen molar-refractivity contribution in [1.82, 2.24) is 10.2 Å². The van der Waals surface area contributed by atoms with Crippen molar-refractivity contribution in [2.45, 2.75) is 45.3 Å². The van der Waals surface area contributed by atoms with Crippen LogP contribution < -0.4 is 5.32 Å². The number of hydrogen-bond donors (Lipinski definition) is 1. The van der Waals surface area contributed by atoms with E-state index in [0.29, 0.717) is 18.6 Å². The Balaban J connectivity index is 1.96. The molecule has 0 aromatic rings. The van der Waals surface area contributed by atoms with Gasteiger partial charge in [-0.2, -0.15) is 0 Å². The van der Waals surface area contributed by atoms with Crippen LogP contribution in [0.2, 0.25) is 0 Å². The zero-order chi connectivity index (χ0) is 12.3. The van der Waals surface area contributed by atoms with Crippen LogP contribution in [0.4, 0.5) is 0 Å². The summed E-state index contributed by atoms with van der Waals surface area (Å²) in [4.78, 5) is 14.6. The number of hydrogen-bond acceptors (Lipinski definition) is 3. The van der Waals surface area contributed by atoms with Crippen LogP contribution in [0.25, 0.3) is 0 Å². The third-order valence-electron chi connectivity index (χ3n) is 3.77. The van der Waals surface area contributed by atoms with Gasteiger partial charge in [0.25, 0.3) is 0 Å². The molecule has 0 aromatic heterocycles. The number of nitrogens with one attached hydrogen (secondary N) is 1. The van der Waals surface area contributed by atoms with Gasteiger partial charge < -0.3 is 15.0 Å². The lowest BCUT2D eigenvalue weighted by atomic mass is 10.0. The molecule has 17 heavy (non-hydrogen) atoms. The number of ether oxygens (including phenoxy) is 1. The van der Waals surface area contributed by atoms with Crippen molar-refractivity contribution in [3.63, 3.8) is 0 Å². The van der Waals surface area contributed by atoms with Crippen molar-refractivity contribution >= 4 is 5.91 Å². The third kappa shape index (κ3) is 2.99. The van der Waals surface area contributed by atoms with Gasteiger partial charge in [0.2, 0.25) is 5.91 Å². The van der Waals surface area contributed by atoms with Gasteiger partial charge in [-0.3, -0.25) is 4.79 Å². The second-order valence-corrected chi connectivity index (χ2v) is 5.25. The monoisotopic (exact) mass is 240 g/mol. The number of carbonyl (C=O) groups is 1. The minimum Gasteiger partial charge on any atom is -0.378 e. The number of carbonyl (C=O) groups excluding carboxylic acids is 1. The van der Waals surface area contributed by atoms with Crippen molar-refractivity contribution in [3.8, 4) is 0 Å². The number of rotatable bonds is 4. The molecule has 2 saturated heterocycles. The molecule has 2 fully saturated rings. The second-order valence-electron chi connectivity index (χ2n) is 5.25. The van der Waals surface area contributed by atoms with E-state index >= 15 is 0 Å². The molecule has 0 bridgehead atoms. The average molecular weight is 240 g/mol. The molecule has 0 saturated carbocycles. The summed E-state index contributed by atoms with van der Waals surface area (Å²) < 4.78 is 5.51. The summed E-state index contributed by atoms with van der Waals surface area (Å²) in [5.74, 6) is 0.405. The van der Waals surface area contributed by atoms with E-state index < -0.39 is 0 Å². The van der Waals surface area contributed by atoms with Gasteiger partial charge in [0, 0.05) is 19.1 Å². The fourth-order valence-corrected chi connectivity index (χ4v) is 2.84. The van der Waals surface area contributed by atoms with Gasteiger partial charge in [-0.25, -0.2) is 0 Å². The van der Waals surface area contributed by atoms with Crippen LogP contribution in [0.5, 0.6) is 0 Å². The van der Waals surface area contributed by atoms with Gasteiger partial charge in [0.15, 0.2) is 0 Å². The first-order chi connectivity index (χ1) is 8.22. The SMILES string of the molecule is CCCN(C(=O)C1COC(C)C1)C1CCNC1. The Morgan fingerprint density at radius 3 is 2.88 bits per heavy atom. The van der Waals surface area contributed by atoms with Crippen molar-refractivity contribution < 1.29 is 9.53 Å². The van der Waals surface area contributed by atoms with E-state index in [1.54, 1.807) is 0 Å². The Kier molecular flexibility index (Phi) is 4.40. The molecule has 2 heterocycles. The quantitative estimate of drug-likeness (QED) is 0.797. The summed E-state index contributed by atoms with van der Waals surface area (Å²) in [5, 5.41) is 3.34. The first-order valence-corrected chi connectivity index (χ1v) is 6.85. The Morgan fingerprint density at radius 2 is 2.35 bits per heavy atom. The van der Waals surface area contributed by atoms with Gasteiger partial charge in [-0.1, -0.05) is 6.92 Å². The van der Waals surface area contributed by atoms with Crippen LogP contribution in [-0.2, 0) is 9.53 Å². The van der Waals surface area contributed by atoms with Crippen molar-refractivity contribution in [2.24, 2.45) is 5.92 Å². The maximum atomic E-state index is 12.5. The lowest BCUT2D eigenvalue weighted by Gasteiger charge is -2.30. The van der Waals surface area contributed by atoms with Crippen LogP contribution in [0.15, 0.2) is 0 Å². The van der Waals surface area contributed by atoms with Gasteiger partial charge in [0.1, 0.15) is 0 Å². The Hall–Kier alpha value is -0.610. The van der Waals surface area contributed by atoms with Crippen LogP contribution in [0, 0.1) is 5.92 Å². The van der Waals surface area contributed by atoms with Crippen LogP contribution in [-0.4, -0.2) is 49.2 Å². The van der Waals surface area contributed by atoms with Gasteiger partial charge in [-0.05, 0) is 32.7 Å². The van der Waals surface area contributed by atoms with Crippen molar-refractivity contribution in [2.75, 3.05) is 26.2 Å². The molecule has 2 rings (SSSR count). The number of nitrogens with zero attached hydrogens (tertiary/aromatic N) is 1. The second kappa shape index (κ2) is 5.83. The molecule has 1 N–H and O–H groups in total. The molecule has 2 aliphatic rings. The summed E-state index contributed by atoms with van der Waals surface area (Å²) in [6.45, 7) is 7.67. The Morgan fingerprint density at radius 1 is 1.53 bits per heavy atom. The topological polar surface area (TPSA) is 41.6 Å². The van der Waals surface area contributed by atoms with E-state index in [4.69, 9.17) is 4.74 Å². The average Bonchev–Trinajstić information content (AvgIpc) is 2.95. The summed E-state index contributed by atoms with van der Waals surface area (Å²) in [5.41, 5.74) is 0. The largest absolute Gasteiger partial charge is 0.378 e. The first kappa shape index (κ1) is 12.8. The number of amides is 1. The molecule has 0 radical (unpaired) electrons. The summed E-state index contributed by atoms with van der Waals surface area (Å²) in [6, 6.07) is 0.401. The molecular formula is C13H24N2O2. The molecule has 3 atom stereocenters. The van der Waals surface area contributed by atoms with Crippen LogP contribution >= 0.6 is 0 Å². The maximum Gasteiger partial charge on any atom is 0.228 e. The van der Waals surface area contributed by atoms with E-state index in [1.807, 2.05) is 0 Å². The Bertz CT molecular complexity index is 264. The van der Waals surface area contributed by atoms with Gasteiger partial charge >= 0.3 is 0 Å². The molecule has 0 aliphatic carbocycles. The lowest BCUT2D eigenvalue weighted by Crippen LogP contribution is -2.45. The summed E-state index contributed by atoms with van der Waals surface area (Å²) in [6.07, 6.45) is 3.26. The summed E-state index contributed by atoms with van der Waals surface area (Å²) >= 11 is 0. The standard InChI is InChI=1S/C13H24N2O2/c1-3-6-15(12-4-5-14-8-12)13(16)11-7-10(2)17-9-11/h10-12,14H,3-9H2,1-2H3. The third-order valence-corrected chi connectivity index (χ3v) is 3.77. The molecule has 1 amide bonds. The molecule has 0 aromatic carbocycles. The maximum absolute atomic E-state index is 12.5. The molecule has 4 nitrogen and oxygen atoms in total. The highest BCUT2D eigenvalue weighted by molar-refractivity contribution is 5.79. The lowest BCUT2D eigenvalue weighted by molar-refractivity contribution is -0.137. The first-order valence-electron chi connectivity index (χ1n) is 6.85. The smallest absolute Gasteiger partial charge is 0.228 e. The van der Waals surface area contributed by atoms with Crippen molar-refractivity contribution in [3.05, 3.63) is 0 Å². The molecule has 3 unspecified atom stereocenters. The predicted octanol–water partition coefficient (Wildman–Crippen LogP) is 1.01. The zero-order valence-corrected chi connectivity index (χ0v) is 10.9. The predicted molar refractivity (Wildman–Crippen MR) is 66.8 cm³/mol. The molecule has 98 valence electrons. The summed E-state index contributed by atoms with van der Waals surface area (Å²) in [7, 11) is 0. The Labute approximate surface area is 104 Å². The van der Waals surface area contributed by atoms with Gasteiger partial charge in [0.05, 0.1) is 18.6 Å². The highest BCUT2D eigenvalue weighted by Gasteiger charge is 2.34. The molecule has 0 spiro atoms.